The fraction of sp³-hybridized carbons (Fsp3) is 0.588. The second-order valence-corrected chi connectivity index (χ2v) is 6.33. The molecule has 1 aromatic carbocycles. The van der Waals surface area contributed by atoms with Crippen molar-refractivity contribution in [3.63, 3.8) is 0 Å². The molecule has 1 aromatic rings. The molecule has 3 nitrogen and oxygen atoms in total. The molecule has 0 aliphatic carbocycles. The number of nitrogens with zero attached hydrogens (tertiary/aromatic N) is 1. The fourth-order valence-electron chi connectivity index (χ4n) is 2.33. The molecule has 0 bridgehead atoms. The lowest BCUT2D eigenvalue weighted by Gasteiger charge is -2.29. The second kappa shape index (κ2) is 8.05. The highest BCUT2D eigenvalue weighted by Gasteiger charge is 2.22. The van der Waals surface area contributed by atoms with Crippen molar-refractivity contribution >= 4 is 5.91 Å². The number of nitrogens with two attached hydrogens (primary N) is 1. The van der Waals surface area contributed by atoms with Gasteiger partial charge in [0.2, 0.25) is 5.91 Å². The zero-order chi connectivity index (χ0) is 15.1. The van der Waals surface area contributed by atoms with Crippen LogP contribution in [0.3, 0.4) is 0 Å². The molecule has 1 atom stereocenters. The Morgan fingerprint density at radius 2 is 1.55 bits per heavy atom. The lowest BCUT2D eigenvalue weighted by atomic mass is 10.0. The number of rotatable bonds is 7. The summed E-state index contributed by atoms with van der Waals surface area (Å²) in [6, 6.07) is 9.51. The first-order chi connectivity index (χ1) is 9.40. The molecule has 0 aromatic heterocycles. The number of amides is 1. The van der Waals surface area contributed by atoms with Gasteiger partial charge >= 0.3 is 0 Å². The Labute approximate surface area is 123 Å². The van der Waals surface area contributed by atoms with E-state index in [4.69, 9.17) is 5.73 Å². The van der Waals surface area contributed by atoms with Crippen molar-refractivity contribution in [2.24, 2.45) is 17.6 Å². The lowest BCUT2D eigenvalue weighted by molar-refractivity contribution is -0.133. The van der Waals surface area contributed by atoms with Gasteiger partial charge in [-0.3, -0.25) is 4.79 Å². The molecule has 0 aliphatic heterocycles. The van der Waals surface area contributed by atoms with Gasteiger partial charge in [0, 0.05) is 13.1 Å². The summed E-state index contributed by atoms with van der Waals surface area (Å²) < 4.78 is 0. The monoisotopic (exact) mass is 276 g/mol. The van der Waals surface area contributed by atoms with E-state index in [1.165, 1.54) is 0 Å². The van der Waals surface area contributed by atoms with E-state index in [-0.39, 0.29) is 5.91 Å². The van der Waals surface area contributed by atoms with Crippen LogP contribution in [0.2, 0.25) is 0 Å². The van der Waals surface area contributed by atoms with Gasteiger partial charge in [-0.2, -0.15) is 0 Å². The van der Waals surface area contributed by atoms with Crippen LogP contribution in [0.1, 0.15) is 33.3 Å². The smallest absolute Gasteiger partial charge is 0.239 e. The van der Waals surface area contributed by atoms with E-state index >= 15 is 0 Å². The van der Waals surface area contributed by atoms with E-state index in [2.05, 4.69) is 27.7 Å². The molecule has 0 radical (unpaired) electrons. The third kappa shape index (κ3) is 5.74. The summed E-state index contributed by atoms with van der Waals surface area (Å²) in [4.78, 5) is 14.4. The Bertz CT molecular complexity index is 391. The van der Waals surface area contributed by atoms with Crippen molar-refractivity contribution in [1.29, 1.82) is 0 Å². The molecular weight excluding hydrogens is 248 g/mol. The molecule has 0 saturated heterocycles. The van der Waals surface area contributed by atoms with Gasteiger partial charge in [0.1, 0.15) is 0 Å². The average Bonchev–Trinajstić information content (AvgIpc) is 2.37. The minimum atomic E-state index is -0.449. The van der Waals surface area contributed by atoms with Crippen LogP contribution >= 0.6 is 0 Å². The van der Waals surface area contributed by atoms with Crippen LogP contribution in [0.15, 0.2) is 30.3 Å². The minimum Gasteiger partial charge on any atom is -0.341 e. The fourth-order valence-corrected chi connectivity index (χ4v) is 2.33. The summed E-state index contributed by atoms with van der Waals surface area (Å²) in [5.41, 5.74) is 7.22. The summed E-state index contributed by atoms with van der Waals surface area (Å²) in [6.07, 6.45) is 0.604. The maximum atomic E-state index is 12.5. The SMILES string of the molecule is CC(C)CN(CC(C)C)C(=O)[C@H](N)Cc1ccccc1. The molecule has 1 rings (SSSR count). The zero-order valence-corrected chi connectivity index (χ0v) is 13.2. The molecule has 112 valence electrons. The van der Waals surface area contributed by atoms with Gasteiger partial charge in [-0.25, -0.2) is 0 Å². The number of hydrogen-bond donors (Lipinski definition) is 1. The van der Waals surface area contributed by atoms with Gasteiger partial charge in [-0.05, 0) is 23.8 Å². The molecular formula is C17H28N2O. The Hall–Kier alpha value is -1.35. The second-order valence-electron chi connectivity index (χ2n) is 6.33. The molecule has 0 fully saturated rings. The van der Waals surface area contributed by atoms with E-state index in [0.717, 1.165) is 18.7 Å². The number of hydrogen-bond acceptors (Lipinski definition) is 2. The van der Waals surface area contributed by atoms with Crippen LogP contribution in [0.25, 0.3) is 0 Å². The van der Waals surface area contributed by atoms with Crippen LogP contribution in [0.4, 0.5) is 0 Å². The van der Waals surface area contributed by atoms with Crippen molar-refractivity contribution in [3.8, 4) is 0 Å². The maximum absolute atomic E-state index is 12.5. The third-order valence-corrected chi connectivity index (χ3v) is 3.10. The average molecular weight is 276 g/mol. The summed E-state index contributed by atoms with van der Waals surface area (Å²) in [6.45, 7) is 10.1. The normalized spacial score (nSPS) is 12.8. The molecule has 1 amide bonds. The Kier molecular flexibility index (Phi) is 6.73. The topological polar surface area (TPSA) is 46.3 Å². The van der Waals surface area contributed by atoms with E-state index in [0.29, 0.717) is 18.3 Å². The third-order valence-electron chi connectivity index (χ3n) is 3.10. The first-order valence-corrected chi connectivity index (χ1v) is 7.48. The van der Waals surface area contributed by atoms with Crippen LogP contribution in [0, 0.1) is 11.8 Å². The molecule has 20 heavy (non-hydrogen) atoms. The van der Waals surface area contributed by atoms with Gasteiger partial charge in [0.25, 0.3) is 0 Å². The van der Waals surface area contributed by atoms with Gasteiger partial charge < -0.3 is 10.6 Å². The van der Waals surface area contributed by atoms with E-state index in [1.54, 1.807) is 0 Å². The van der Waals surface area contributed by atoms with Gasteiger partial charge in [-0.15, -0.1) is 0 Å². The summed E-state index contributed by atoms with van der Waals surface area (Å²) in [7, 11) is 0. The van der Waals surface area contributed by atoms with Crippen molar-refractivity contribution in [3.05, 3.63) is 35.9 Å². The van der Waals surface area contributed by atoms with E-state index in [1.807, 2.05) is 35.2 Å². The summed E-state index contributed by atoms with van der Waals surface area (Å²) >= 11 is 0. The molecule has 2 N–H and O–H groups in total. The van der Waals surface area contributed by atoms with Gasteiger partial charge in [0.05, 0.1) is 6.04 Å². The molecule has 0 saturated carbocycles. The number of benzene rings is 1. The predicted molar refractivity (Wildman–Crippen MR) is 84.4 cm³/mol. The number of carbonyl (C=O) groups is 1. The predicted octanol–water partition coefficient (Wildman–Crippen LogP) is 2.70. The molecule has 0 unspecified atom stereocenters. The summed E-state index contributed by atoms with van der Waals surface area (Å²) in [5.74, 6) is 0.986. The molecule has 0 aliphatic rings. The highest BCUT2D eigenvalue weighted by Crippen LogP contribution is 2.09. The van der Waals surface area contributed by atoms with E-state index in [9.17, 15) is 4.79 Å². The quantitative estimate of drug-likeness (QED) is 0.832. The minimum absolute atomic E-state index is 0.0660. The van der Waals surface area contributed by atoms with Crippen molar-refractivity contribution in [2.45, 2.75) is 40.2 Å². The zero-order valence-electron chi connectivity index (χ0n) is 13.2. The first kappa shape index (κ1) is 16.7. The van der Waals surface area contributed by atoms with Crippen molar-refractivity contribution in [2.75, 3.05) is 13.1 Å². The van der Waals surface area contributed by atoms with Gasteiger partial charge in [-0.1, -0.05) is 58.0 Å². The van der Waals surface area contributed by atoms with E-state index < -0.39 is 6.04 Å². The van der Waals surface area contributed by atoms with Crippen LogP contribution in [-0.2, 0) is 11.2 Å². The van der Waals surface area contributed by atoms with Crippen LogP contribution in [0.5, 0.6) is 0 Å². The van der Waals surface area contributed by atoms with Gasteiger partial charge in [0.15, 0.2) is 0 Å². The molecule has 0 heterocycles. The Morgan fingerprint density at radius 1 is 1.05 bits per heavy atom. The first-order valence-electron chi connectivity index (χ1n) is 7.48. The maximum Gasteiger partial charge on any atom is 0.239 e. The van der Waals surface area contributed by atoms with Crippen molar-refractivity contribution < 1.29 is 4.79 Å². The molecule has 0 spiro atoms. The highest BCUT2D eigenvalue weighted by molar-refractivity contribution is 5.82. The standard InChI is InChI=1S/C17H28N2O/c1-13(2)11-19(12-14(3)4)17(20)16(18)10-15-8-6-5-7-9-15/h5-9,13-14,16H,10-12,18H2,1-4H3/t16-/m1/s1. The molecule has 3 heteroatoms. The Balaban J connectivity index is 2.67. The largest absolute Gasteiger partial charge is 0.341 e. The van der Waals surface area contributed by atoms with Crippen LogP contribution < -0.4 is 5.73 Å². The lowest BCUT2D eigenvalue weighted by Crippen LogP contribution is -2.47. The Morgan fingerprint density at radius 3 is 2.00 bits per heavy atom. The summed E-state index contributed by atoms with van der Waals surface area (Å²) in [5, 5.41) is 0. The van der Waals surface area contributed by atoms with Crippen LogP contribution in [-0.4, -0.2) is 29.9 Å². The highest BCUT2D eigenvalue weighted by atomic mass is 16.2. The number of carbonyl (C=O) groups excluding carboxylic acids is 1. The van der Waals surface area contributed by atoms with Crippen molar-refractivity contribution in [1.82, 2.24) is 4.90 Å².